The first-order valence-corrected chi connectivity index (χ1v) is 8.92. The fraction of sp³-hybridized carbons (Fsp3) is 0.368. The summed E-state index contributed by atoms with van der Waals surface area (Å²) < 4.78 is 4.40. The average Bonchev–Trinajstić information content (AvgIpc) is 2.59. The number of unbranched alkanes of at least 4 members (excludes halogenated alkanes) is 3. The van der Waals surface area contributed by atoms with Crippen LogP contribution in [0.15, 0.2) is 47.4 Å². The van der Waals surface area contributed by atoms with Crippen LogP contribution in [0.5, 0.6) is 0 Å². The summed E-state index contributed by atoms with van der Waals surface area (Å²) in [6.07, 6.45) is 4.22. The number of methoxy groups -OCH3 is 1. The van der Waals surface area contributed by atoms with Gasteiger partial charge in [-0.3, -0.25) is 4.79 Å². The highest BCUT2D eigenvalue weighted by Crippen LogP contribution is 2.24. The van der Waals surface area contributed by atoms with Gasteiger partial charge in [0.1, 0.15) is 0 Å². The molecule has 2 aromatic rings. The topological polar surface area (TPSA) is 43.4 Å². The van der Waals surface area contributed by atoms with E-state index in [2.05, 4.69) is 47.2 Å². The molecule has 0 bridgehead atoms. The maximum atomic E-state index is 11.3. The number of benzene rings is 2. The molecule has 0 aliphatic carbocycles. The summed E-state index contributed by atoms with van der Waals surface area (Å²) in [5.41, 5.74) is 0. The predicted molar refractivity (Wildman–Crippen MR) is 94.8 cm³/mol. The van der Waals surface area contributed by atoms with Crippen LogP contribution in [0.3, 0.4) is 0 Å². The third kappa shape index (κ3) is 5.71. The second kappa shape index (κ2) is 9.36. The van der Waals surface area contributed by atoms with Crippen molar-refractivity contribution >= 4 is 34.3 Å². The lowest BCUT2D eigenvalue weighted by molar-refractivity contribution is -0.151. The van der Waals surface area contributed by atoms with Crippen molar-refractivity contribution in [3.63, 3.8) is 0 Å². The molecule has 0 saturated carbocycles. The van der Waals surface area contributed by atoms with Crippen molar-refractivity contribution in [2.75, 3.05) is 12.9 Å². The van der Waals surface area contributed by atoms with E-state index in [4.69, 9.17) is 0 Å². The number of ether oxygens (including phenoxy) is 1. The summed E-state index contributed by atoms with van der Waals surface area (Å²) in [6.45, 7) is 0. The van der Waals surface area contributed by atoms with Crippen molar-refractivity contribution in [3.8, 4) is 0 Å². The Morgan fingerprint density at radius 3 is 2.48 bits per heavy atom. The molecule has 23 heavy (non-hydrogen) atoms. The maximum Gasteiger partial charge on any atom is 0.374 e. The summed E-state index contributed by atoms with van der Waals surface area (Å²) >= 11 is 1.87. The van der Waals surface area contributed by atoms with Gasteiger partial charge in [-0.05, 0) is 41.5 Å². The summed E-state index contributed by atoms with van der Waals surface area (Å²) in [5, 5.41) is 2.55. The molecule has 0 aliphatic rings. The summed E-state index contributed by atoms with van der Waals surface area (Å²) in [4.78, 5) is 23.5. The standard InChI is InChI=1S/C19H22O3S/c1-22-19(21)18(20)10-4-2-3-7-13-23-17-12-11-15-8-5-6-9-16(15)14-17/h5-6,8-9,11-12,14H,2-4,7,10,13H2,1H3. The third-order valence-corrected chi connectivity index (χ3v) is 4.78. The van der Waals surface area contributed by atoms with Crippen LogP contribution in [0.2, 0.25) is 0 Å². The van der Waals surface area contributed by atoms with Gasteiger partial charge in [0.15, 0.2) is 0 Å². The summed E-state index contributed by atoms with van der Waals surface area (Å²) in [6, 6.07) is 14.9. The van der Waals surface area contributed by atoms with Crippen molar-refractivity contribution in [2.24, 2.45) is 0 Å². The van der Waals surface area contributed by atoms with E-state index in [1.54, 1.807) is 0 Å². The van der Waals surface area contributed by atoms with E-state index in [1.165, 1.54) is 22.8 Å². The number of ketones is 1. The second-order valence-corrected chi connectivity index (χ2v) is 6.60. The highest BCUT2D eigenvalue weighted by Gasteiger charge is 2.12. The van der Waals surface area contributed by atoms with E-state index in [1.807, 2.05) is 11.8 Å². The molecule has 4 heteroatoms. The maximum absolute atomic E-state index is 11.3. The summed E-state index contributed by atoms with van der Waals surface area (Å²) in [7, 11) is 1.24. The Hall–Kier alpha value is -1.81. The number of thioether (sulfide) groups is 1. The van der Waals surface area contributed by atoms with Crippen LogP contribution >= 0.6 is 11.8 Å². The Morgan fingerprint density at radius 1 is 0.957 bits per heavy atom. The van der Waals surface area contributed by atoms with Crippen LogP contribution in [-0.4, -0.2) is 24.6 Å². The van der Waals surface area contributed by atoms with Crippen LogP contribution < -0.4 is 0 Å². The van der Waals surface area contributed by atoms with Crippen molar-refractivity contribution in [2.45, 2.75) is 37.0 Å². The molecule has 0 fully saturated rings. The number of fused-ring (bicyclic) bond motifs is 1. The van der Waals surface area contributed by atoms with Gasteiger partial charge in [-0.2, -0.15) is 0 Å². The molecule has 0 aliphatic heterocycles. The zero-order valence-electron chi connectivity index (χ0n) is 13.4. The lowest BCUT2D eigenvalue weighted by atomic mass is 10.1. The Balaban J connectivity index is 1.61. The highest BCUT2D eigenvalue weighted by atomic mass is 32.2. The van der Waals surface area contributed by atoms with Crippen LogP contribution in [-0.2, 0) is 14.3 Å². The lowest BCUT2D eigenvalue weighted by Gasteiger charge is -2.04. The Morgan fingerprint density at radius 2 is 1.70 bits per heavy atom. The SMILES string of the molecule is COC(=O)C(=O)CCCCCCSc1ccc2ccccc2c1. The zero-order valence-corrected chi connectivity index (χ0v) is 14.2. The molecule has 122 valence electrons. The molecule has 3 nitrogen and oxygen atoms in total. The minimum Gasteiger partial charge on any atom is -0.463 e. The molecule has 2 aromatic carbocycles. The minimum atomic E-state index is -0.725. The molecule has 0 amide bonds. The van der Waals surface area contributed by atoms with Gasteiger partial charge in [0.2, 0.25) is 5.78 Å². The largest absolute Gasteiger partial charge is 0.463 e. The first-order chi connectivity index (χ1) is 11.2. The van der Waals surface area contributed by atoms with Crippen molar-refractivity contribution in [1.29, 1.82) is 0 Å². The second-order valence-electron chi connectivity index (χ2n) is 5.44. The van der Waals surface area contributed by atoms with Crippen LogP contribution in [0.25, 0.3) is 10.8 Å². The Labute approximate surface area is 141 Å². The van der Waals surface area contributed by atoms with Gasteiger partial charge in [-0.1, -0.05) is 43.2 Å². The van der Waals surface area contributed by atoms with E-state index in [0.29, 0.717) is 6.42 Å². The molecule has 0 atom stereocenters. The number of carbonyl (C=O) groups is 2. The van der Waals surface area contributed by atoms with Gasteiger partial charge >= 0.3 is 5.97 Å². The summed E-state index contributed by atoms with van der Waals surface area (Å²) in [5.74, 6) is -0.0709. The first-order valence-electron chi connectivity index (χ1n) is 7.93. The van der Waals surface area contributed by atoms with Gasteiger partial charge in [-0.15, -0.1) is 11.8 Å². The van der Waals surface area contributed by atoms with Gasteiger partial charge in [0.05, 0.1) is 7.11 Å². The number of hydrogen-bond acceptors (Lipinski definition) is 4. The number of hydrogen-bond donors (Lipinski definition) is 0. The zero-order chi connectivity index (χ0) is 16.5. The van der Waals surface area contributed by atoms with Crippen LogP contribution in [0.1, 0.15) is 32.1 Å². The lowest BCUT2D eigenvalue weighted by Crippen LogP contribution is -2.14. The van der Waals surface area contributed by atoms with E-state index in [9.17, 15) is 9.59 Å². The van der Waals surface area contributed by atoms with Gasteiger partial charge in [0, 0.05) is 11.3 Å². The molecule has 2 rings (SSSR count). The molecule has 0 aromatic heterocycles. The number of carbonyl (C=O) groups excluding carboxylic acids is 2. The fourth-order valence-electron chi connectivity index (χ4n) is 2.40. The highest BCUT2D eigenvalue weighted by molar-refractivity contribution is 7.99. The van der Waals surface area contributed by atoms with Crippen LogP contribution in [0, 0.1) is 0 Å². The minimum absolute atomic E-state index is 0.296. The molecule has 0 N–H and O–H groups in total. The monoisotopic (exact) mass is 330 g/mol. The van der Waals surface area contributed by atoms with E-state index >= 15 is 0 Å². The normalized spacial score (nSPS) is 10.7. The first kappa shape index (κ1) is 17.5. The van der Waals surface area contributed by atoms with Gasteiger partial charge in [-0.25, -0.2) is 4.79 Å². The van der Waals surface area contributed by atoms with Gasteiger partial charge < -0.3 is 4.74 Å². The number of rotatable bonds is 9. The predicted octanol–water partition coefficient (Wildman–Crippen LogP) is 4.62. The van der Waals surface area contributed by atoms with E-state index < -0.39 is 11.8 Å². The molecule has 0 spiro atoms. The van der Waals surface area contributed by atoms with E-state index in [0.717, 1.165) is 31.4 Å². The Kier molecular flexibility index (Phi) is 7.14. The molecule has 0 radical (unpaired) electrons. The third-order valence-electron chi connectivity index (χ3n) is 3.70. The molecular weight excluding hydrogens is 308 g/mol. The van der Waals surface area contributed by atoms with Gasteiger partial charge in [0.25, 0.3) is 0 Å². The number of esters is 1. The quantitative estimate of drug-likeness (QED) is 0.291. The van der Waals surface area contributed by atoms with Crippen molar-refractivity contribution in [1.82, 2.24) is 0 Å². The van der Waals surface area contributed by atoms with Crippen molar-refractivity contribution in [3.05, 3.63) is 42.5 Å². The molecule has 0 saturated heterocycles. The van der Waals surface area contributed by atoms with Crippen LogP contribution in [0.4, 0.5) is 0 Å². The molecule has 0 heterocycles. The molecule has 0 unspecified atom stereocenters. The fourth-order valence-corrected chi connectivity index (χ4v) is 3.36. The van der Waals surface area contributed by atoms with E-state index in [-0.39, 0.29) is 0 Å². The average molecular weight is 330 g/mol. The number of Topliss-reactive ketones (excluding diaryl/α,β-unsaturated/α-hetero) is 1. The molecular formula is C19H22O3S. The Bertz CT molecular complexity index is 666. The smallest absolute Gasteiger partial charge is 0.374 e. The van der Waals surface area contributed by atoms with Crippen molar-refractivity contribution < 1.29 is 14.3 Å².